The number of anilines is 1. The molecule has 0 aliphatic rings. The summed E-state index contributed by atoms with van der Waals surface area (Å²) in [4.78, 5) is 24.6. The van der Waals surface area contributed by atoms with E-state index in [1.165, 1.54) is 11.3 Å². The third-order valence-corrected chi connectivity index (χ3v) is 4.62. The minimum absolute atomic E-state index is 0.258. The molecule has 2 aromatic rings. The average Bonchev–Trinajstić information content (AvgIpc) is 2.99. The highest BCUT2D eigenvalue weighted by molar-refractivity contribution is 7.14. The molecule has 1 aromatic heterocycles. The van der Waals surface area contributed by atoms with E-state index in [2.05, 4.69) is 10.6 Å². The topological polar surface area (TPSA) is 90.5 Å². The molecular formula is C16H19N3O3S. The molecule has 7 heteroatoms. The van der Waals surface area contributed by atoms with E-state index in [0.29, 0.717) is 4.88 Å². The highest BCUT2D eigenvalue weighted by atomic mass is 32.1. The summed E-state index contributed by atoms with van der Waals surface area (Å²) in [5.74, 6) is -0.562. The Morgan fingerprint density at radius 2 is 1.91 bits per heavy atom. The molecular weight excluding hydrogens is 314 g/mol. The smallest absolute Gasteiger partial charge is 0.319 e. The number of benzene rings is 1. The van der Waals surface area contributed by atoms with Crippen LogP contribution < -0.4 is 16.1 Å². The predicted molar refractivity (Wildman–Crippen MR) is 90.1 cm³/mol. The fraction of sp³-hybridized carbons (Fsp3) is 0.250. The maximum absolute atomic E-state index is 12.1. The van der Waals surface area contributed by atoms with Crippen molar-refractivity contribution in [3.63, 3.8) is 0 Å². The molecule has 1 heterocycles. The highest BCUT2D eigenvalue weighted by Crippen LogP contribution is 2.23. The van der Waals surface area contributed by atoms with Gasteiger partial charge in [0.05, 0.1) is 10.9 Å². The van der Waals surface area contributed by atoms with E-state index in [1.807, 2.05) is 39.0 Å². The van der Waals surface area contributed by atoms with Gasteiger partial charge in [0.2, 0.25) is 0 Å². The number of carbonyl (C=O) groups is 2. The number of hydrogen-bond acceptors (Lipinski definition) is 4. The van der Waals surface area contributed by atoms with Crippen molar-refractivity contribution in [2.75, 3.05) is 5.32 Å². The normalized spacial score (nSPS) is 11.7. The van der Waals surface area contributed by atoms with Crippen molar-refractivity contribution in [3.05, 3.63) is 51.2 Å². The average molecular weight is 333 g/mol. The van der Waals surface area contributed by atoms with E-state index in [9.17, 15) is 9.59 Å². The number of hydroxylamine groups is 1. The van der Waals surface area contributed by atoms with Crippen LogP contribution in [0.2, 0.25) is 0 Å². The SMILES string of the molecule is Cc1ccc(NC(=O)NC(C)c2ccc(C(=O)NO)s2)c(C)c1. The van der Waals surface area contributed by atoms with Crippen LogP contribution in [0.15, 0.2) is 30.3 Å². The zero-order chi connectivity index (χ0) is 17.0. The van der Waals surface area contributed by atoms with Gasteiger partial charge in [0, 0.05) is 10.6 Å². The number of hydrogen-bond donors (Lipinski definition) is 4. The van der Waals surface area contributed by atoms with Crippen LogP contribution in [0.3, 0.4) is 0 Å². The summed E-state index contributed by atoms with van der Waals surface area (Å²) >= 11 is 1.21. The van der Waals surface area contributed by atoms with Crippen molar-refractivity contribution in [3.8, 4) is 0 Å². The fourth-order valence-electron chi connectivity index (χ4n) is 2.14. The molecule has 2 rings (SSSR count). The van der Waals surface area contributed by atoms with Crippen LogP contribution in [0.4, 0.5) is 10.5 Å². The third-order valence-electron chi connectivity index (χ3n) is 3.36. The van der Waals surface area contributed by atoms with E-state index in [4.69, 9.17) is 5.21 Å². The molecule has 0 fully saturated rings. The van der Waals surface area contributed by atoms with Crippen LogP contribution >= 0.6 is 11.3 Å². The van der Waals surface area contributed by atoms with Crippen LogP contribution in [-0.4, -0.2) is 17.1 Å². The number of urea groups is 1. The second-order valence-electron chi connectivity index (χ2n) is 5.28. The van der Waals surface area contributed by atoms with Crippen molar-refractivity contribution in [2.24, 2.45) is 0 Å². The van der Waals surface area contributed by atoms with Gasteiger partial charge in [-0.05, 0) is 44.5 Å². The lowest BCUT2D eigenvalue weighted by Crippen LogP contribution is -2.31. The monoisotopic (exact) mass is 333 g/mol. The van der Waals surface area contributed by atoms with Gasteiger partial charge >= 0.3 is 6.03 Å². The van der Waals surface area contributed by atoms with Crippen LogP contribution in [-0.2, 0) is 0 Å². The molecule has 4 N–H and O–H groups in total. The molecule has 23 heavy (non-hydrogen) atoms. The molecule has 0 spiro atoms. The van der Waals surface area contributed by atoms with Gasteiger partial charge in [-0.1, -0.05) is 17.7 Å². The van der Waals surface area contributed by atoms with E-state index < -0.39 is 5.91 Å². The largest absolute Gasteiger partial charge is 0.331 e. The fourth-order valence-corrected chi connectivity index (χ4v) is 3.04. The van der Waals surface area contributed by atoms with Gasteiger partial charge in [0.25, 0.3) is 5.91 Å². The number of nitrogens with one attached hydrogen (secondary N) is 3. The van der Waals surface area contributed by atoms with Gasteiger partial charge < -0.3 is 10.6 Å². The highest BCUT2D eigenvalue weighted by Gasteiger charge is 2.15. The van der Waals surface area contributed by atoms with Crippen LogP contribution in [0, 0.1) is 13.8 Å². The summed E-state index contributed by atoms with van der Waals surface area (Å²) < 4.78 is 0. The van der Waals surface area contributed by atoms with E-state index >= 15 is 0 Å². The quantitative estimate of drug-likeness (QED) is 0.511. The first-order valence-electron chi connectivity index (χ1n) is 7.09. The Morgan fingerprint density at radius 3 is 2.57 bits per heavy atom. The van der Waals surface area contributed by atoms with Gasteiger partial charge in [-0.3, -0.25) is 10.0 Å². The summed E-state index contributed by atoms with van der Waals surface area (Å²) in [6, 6.07) is 8.58. The number of rotatable bonds is 4. The van der Waals surface area contributed by atoms with Crippen molar-refractivity contribution < 1.29 is 14.8 Å². The van der Waals surface area contributed by atoms with E-state index in [0.717, 1.165) is 21.7 Å². The molecule has 0 saturated carbocycles. The molecule has 1 aromatic carbocycles. The molecule has 0 saturated heterocycles. The molecule has 0 aliphatic carbocycles. The predicted octanol–water partition coefficient (Wildman–Crippen LogP) is 3.37. The molecule has 3 amide bonds. The first-order valence-corrected chi connectivity index (χ1v) is 7.91. The second-order valence-corrected chi connectivity index (χ2v) is 6.40. The summed E-state index contributed by atoms with van der Waals surface area (Å²) in [7, 11) is 0. The first-order chi connectivity index (χ1) is 10.9. The molecule has 0 radical (unpaired) electrons. The minimum Gasteiger partial charge on any atom is -0.331 e. The van der Waals surface area contributed by atoms with E-state index in [-0.39, 0.29) is 12.1 Å². The summed E-state index contributed by atoms with van der Waals surface area (Å²) in [6.07, 6.45) is 0. The lowest BCUT2D eigenvalue weighted by Gasteiger charge is -2.14. The zero-order valence-electron chi connectivity index (χ0n) is 13.1. The molecule has 122 valence electrons. The Morgan fingerprint density at radius 1 is 1.17 bits per heavy atom. The number of carbonyl (C=O) groups excluding carboxylic acids is 2. The Bertz CT molecular complexity index is 727. The summed E-state index contributed by atoms with van der Waals surface area (Å²) in [5, 5.41) is 14.3. The van der Waals surface area contributed by atoms with Gasteiger partial charge in [0.1, 0.15) is 0 Å². The van der Waals surface area contributed by atoms with Gasteiger partial charge in [-0.25, -0.2) is 10.3 Å². The maximum atomic E-state index is 12.1. The van der Waals surface area contributed by atoms with Gasteiger partial charge in [0.15, 0.2) is 0 Å². The number of amides is 3. The van der Waals surface area contributed by atoms with Crippen LogP contribution in [0.5, 0.6) is 0 Å². The zero-order valence-corrected chi connectivity index (χ0v) is 14.0. The van der Waals surface area contributed by atoms with Crippen molar-refractivity contribution in [2.45, 2.75) is 26.8 Å². The Balaban J connectivity index is 1.99. The lowest BCUT2D eigenvalue weighted by molar-refractivity contribution is 0.0711. The van der Waals surface area contributed by atoms with Crippen LogP contribution in [0.25, 0.3) is 0 Å². The Labute approximate surface area is 138 Å². The van der Waals surface area contributed by atoms with Crippen molar-refractivity contribution in [1.82, 2.24) is 10.8 Å². The van der Waals surface area contributed by atoms with E-state index in [1.54, 1.807) is 17.6 Å². The lowest BCUT2D eigenvalue weighted by atomic mass is 10.1. The number of aryl methyl sites for hydroxylation is 2. The van der Waals surface area contributed by atoms with Gasteiger partial charge in [-0.15, -0.1) is 11.3 Å². The first kappa shape index (κ1) is 17.0. The molecule has 1 unspecified atom stereocenters. The molecule has 1 atom stereocenters. The van der Waals surface area contributed by atoms with Crippen molar-refractivity contribution in [1.29, 1.82) is 0 Å². The van der Waals surface area contributed by atoms with Crippen LogP contribution in [0.1, 0.15) is 38.6 Å². The van der Waals surface area contributed by atoms with Gasteiger partial charge in [-0.2, -0.15) is 0 Å². The Kier molecular flexibility index (Phi) is 5.36. The van der Waals surface area contributed by atoms with Crippen molar-refractivity contribution >= 4 is 29.0 Å². The molecule has 0 aliphatic heterocycles. The molecule has 0 bridgehead atoms. The second kappa shape index (κ2) is 7.26. The summed E-state index contributed by atoms with van der Waals surface area (Å²) in [6.45, 7) is 5.76. The minimum atomic E-state index is -0.562. The maximum Gasteiger partial charge on any atom is 0.319 e. The Hall–Kier alpha value is -2.38. The standard InChI is InChI=1S/C16H19N3O3S/c1-9-4-5-12(10(2)8-9)18-16(21)17-11(3)13-6-7-14(23-13)15(20)19-22/h4-8,11,22H,1-3H3,(H,19,20)(H2,17,18,21). The molecule has 6 nitrogen and oxygen atoms in total. The third kappa shape index (κ3) is 4.30. The number of thiophene rings is 1. The summed E-state index contributed by atoms with van der Waals surface area (Å²) in [5.41, 5.74) is 4.47.